The van der Waals surface area contributed by atoms with E-state index in [9.17, 15) is 0 Å². The van der Waals surface area contributed by atoms with E-state index >= 15 is 0 Å². The Hall–Kier alpha value is -1.28. The molecule has 0 saturated heterocycles. The van der Waals surface area contributed by atoms with E-state index in [1.54, 1.807) is 0 Å². The molecule has 1 nitrogen and oxygen atoms in total. The second-order valence-electron chi connectivity index (χ2n) is 4.79. The molecule has 1 atom stereocenters. The smallest absolute Gasteiger partial charge is 0.0485 e. The van der Waals surface area contributed by atoms with Gasteiger partial charge in [-0.2, -0.15) is 0 Å². The second-order valence-corrected chi connectivity index (χ2v) is 5.71. The van der Waals surface area contributed by atoms with Gasteiger partial charge in [-0.05, 0) is 50.1 Å². The van der Waals surface area contributed by atoms with Crippen molar-refractivity contribution in [1.29, 1.82) is 0 Å². The molecule has 0 spiro atoms. The second kappa shape index (κ2) is 5.57. The van der Waals surface area contributed by atoms with Crippen molar-refractivity contribution in [3.8, 4) is 0 Å². The highest BCUT2D eigenvalue weighted by Crippen LogP contribution is 2.23. The molecule has 0 amide bonds. The van der Waals surface area contributed by atoms with Crippen molar-refractivity contribution in [2.24, 2.45) is 0 Å². The van der Waals surface area contributed by atoms with Crippen molar-refractivity contribution >= 4 is 21.6 Å². The number of hydrogen-bond acceptors (Lipinski definition) is 1. The zero-order chi connectivity index (χ0) is 13.1. The molecule has 0 aliphatic heterocycles. The third kappa shape index (κ3) is 3.36. The van der Waals surface area contributed by atoms with Crippen LogP contribution < -0.4 is 5.32 Å². The largest absolute Gasteiger partial charge is 0.378 e. The topological polar surface area (TPSA) is 12.0 Å². The third-order valence-corrected chi connectivity index (χ3v) is 3.46. The summed E-state index contributed by atoms with van der Waals surface area (Å²) in [7, 11) is 0. The molecular weight excluding hydrogens is 286 g/mol. The Labute approximate surface area is 117 Å². The van der Waals surface area contributed by atoms with Gasteiger partial charge in [0, 0.05) is 16.2 Å². The molecule has 0 saturated carbocycles. The van der Waals surface area contributed by atoms with Crippen molar-refractivity contribution in [1.82, 2.24) is 0 Å². The third-order valence-electron chi connectivity index (χ3n) is 3.00. The minimum atomic E-state index is 0.305. The highest BCUT2D eigenvalue weighted by atomic mass is 79.9. The van der Waals surface area contributed by atoms with Crippen LogP contribution in [0.15, 0.2) is 46.9 Å². The first kappa shape index (κ1) is 13.2. The lowest BCUT2D eigenvalue weighted by atomic mass is 10.1. The molecule has 0 aliphatic rings. The highest BCUT2D eigenvalue weighted by Gasteiger charge is 2.05. The Kier molecular flexibility index (Phi) is 4.07. The number of anilines is 1. The fourth-order valence-corrected chi connectivity index (χ4v) is 2.62. The van der Waals surface area contributed by atoms with E-state index in [1.165, 1.54) is 16.7 Å². The van der Waals surface area contributed by atoms with Crippen LogP contribution >= 0.6 is 15.9 Å². The molecule has 2 aromatic rings. The summed E-state index contributed by atoms with van der Waals surface area (Å²) in [6.45, 7) is 6.40. The summed E-state index contributed by atoms with van der Waals surface area (Å²) in [6.07, 6.45) is 0. The summed E-state index contributed by atoms with van der Waals surface area (Å²) in [4.78, 5) is 0. The quantitative estimate of drug-likeness (QED) is 0.817. The maximum Gasteiger partial charge on any atom is 0.0485 e. The predicted molar refractivity (Wildman–Crippen MR) is 82.1 cm³/mol. The number of nitrogens with one attached hydrogen (secondary N) is 1. The van der Waals surface area contributed by atoms with Crippen molar-refractivity contribution in [2.75, 3.05) is 5.32 Å². The van der Waals surface area contributed by atoms with E-state index in [0.29, 0.717) is 6.04 Å². The van der Waals surface area contributed by atoms with Crippen molar-refractivity contribution in [2.45, 2.75) is 26.8 Å². The normalized spacial score (nSPS) is 12.2. The molecule has 2 heteroatoms. The van der Waals surface area contributed by atoms with Gasteiger partial charge < -0.3 is 5.32 Å². The predicted octanol–water partition coefficient (Wildman–Crippen LogP) is 5.24. The summed E-state index contributed by atoms with van der Waals surface area (Å²) < 4.78 is 1.11. The number of rotatable bonds is 3. The minimum absolute atomic E-state index is 0.305. The fourth-order valence-electron chi connectivity index (χ4n) is 2.01. The number of hydrogen-bond donors (Lipinski definition) is 1. The van der Waals surface area contributed by atoms with Gasteiger partial charge in [-0.25, -0.2) is 0 Å². The first-order chi connectivity index (χ1) is 8.54. The zero-order valence-corrected chi connectivity index (χ0v) is 12.6. The van der Waals surface area contributed by atoms with Crippen molar-refractivity contribution in [3.05, 3.63) is 63.6 Å². The average molecular weight is 304 g/mol. The molecule has 2 rings (SSSR count). The van der Waals surface area contributed by atoms with Crippen LogP contribution in [-0.4, -0.2) is 0 Å². The summed E-state index contributed by atoms with van der Waals surface area (Å²) in [5, 5.41) is 3.53. The van der Waals surface area contributed by atoms with Crippen LogP contribution in [0.1, 0.15) is 29.7 Å². The minimum Gasteiger partial charge on any atom is -0.378 e. The van der Waals surface area contributed by atoms with Gasteiger partial charge in [0.1, 0.15) is 0 Å². The Morgan fingerprint density at radius 2 is 1.61 bits per heavy atom. The monoisotopic (exact) mass is 303 g/mol. The average Bonchev–Trinajstić information content (AvgIpc) is 2.28. The number of benzene rings is 2. The van der Waals surface area contributed by atoms with Crippen LogP contribution in [0.5, 0.6) is 0 Å². The molecule has 94 valence electrons. The molecular formula is C16H18BrN. The van der Waals surface area contributed by atoms with Crippen LogP contribution in [-0.2, 0) is 0 Å². The zero-order valence-electron chi connectivity index (χ0n) is 11.0. The Morgan fingerprint density at radius 3 is 2.22 bits per heavy atom. The summed E-state index contributed by atoms with van der Waals surface area (Å²) in [5.74, 6) is 0. The van der Waals surface area contributed by atoms with Gasteiger partial charge >= 0.3 is 0 Å². The van der Waals surface area contributed by atoms with E-state index < -0.39 is 0 Å². The molecule has 1 N–H and O–H groups in total. The van der Waals surface area contributed by atoms with Crippen LogP contribution in [0, 0.1) is 13.8 Å². The number of halogens is 1. The lowest BCUT2D eigenvalue weighted by molar-refractivity contribution is 0.883. The van der Waals surface area contributed by atoms with E-state index in [1.807, 2.05) is 0 Å². The van der Waals surface area contributed by atoms with E-state index in [2.05, 4.69) is 84.5 Å². The highest BCUT2D eigenvalue weighted by molar-refractivity contribution is 9.10. The van der Waals surface area contributed by atoms with Crippen LogP contribution in [0.3, 0.4) is 0 Å². The lowest BCUT2D eigenvalue weighted by Crippen LogP contribution is -2.06. The van der Waals surface area contributed by atoms with E-state index in [0.717, 1.165) is 10.2 Å². The summed E-state index contributed by atoms with van der Waals surface area (Å²) in [5.41, 5.74) is 5.00. The van der Waals surface area contributed by atoms with Gasteiger partial charge in [0.2, 0.25) is 0 Å². The molecule has 1 unspecified atom stereocenters. The molecule has 0 fully saturated rings. The fraction of sp³-hybridized carbons (Fsp3) is 0.250. The van der Waals surface area contributed by atoms with Crippen LogP contribution in [0.2, 0.25) is 0 Å². The maximum atomic E-state index is 3.53. The Bertz CT molecular complexity index is 511. The van der Waals surface area contributed by atoms with Gasteiger partial charge in [-0.15, -0.1) is 0 Å². The summed E-state index contributed by atoms with van der Waals surface area (Å²) in [6, 6.07) is 15.4. The molecule has 0 heterocycles. The van der Waals surface area contributed by atoms with Gasteiger partial charge in [0.05, 0.1) is 0 Å². The Morgan fingerprint density at radius 1 is 0.944 bits per heavy atom. The van der Waals surface area contributed by atoms with Gasteiger partial charge in [-0.1, -0.05) is 45.8 Å². The first-order valence-electron chi connectivity index (χ1n) is 6.15. The Balaban J connectivity index is 2.15. The van der Waals surface area contributed by atoms with Crippen molar-refractivity contribution in [3.63, 3.8) is 0 Å². The molecule has 18 heavy (non-hydrogen) atoms. The SMILES string of the molecule is Cc1ccc(C(C)Nc2cc(C)cc(Br)c2)cc1. The first-order valence-corrected chi connectivity index (χ1v) is 6.94. The van der Waals surface area contributed by atoms with Crippen LogP contribution in [0.4, 0.5) is 5.69 Å². The van der Waals surface area contributed by atoms with Crippen LogP contribution in [0.25, 0.3) is 0 Å². The maximum absolute atomic E-state index is 3.53. The van der Waals surface area contributed by atoms with Gasteiger partial charge in [-0.3, -0.25) is 0 Å². The van der Waals surface area contributed by atoms with E-state index in [4.69, 9.17) is 0 Å². The number of aryl methyl sites for hydroxylation is 2. The molecule has 0 aliphatic carbocycles. The standard InChI is InChI=1S/C16H18BrN/c1-11-4-6-14(7-5-11)13(3)18-16-9-12(2)8-15(17)10-16/h4-10,13,18H,1-3H3. The molecule has 0 bridgehead atoms. The van der Waals surface area contributed by atoms with Gasteiger partial charge in [0.15, 0.2) is 0 Å². The molecule has 2 aromatic carbocycles. The van der Waals surface area contributed by atoms with Gasteiger partial charge in [0.25, 0.3) is 0 Å². The molecule has 0 radical (unpaired) electrons. The molecule has 0 aromatic heterocycles. The van der Waals surface area contributed by atoms with Crippen molar-refractivity contribution < 1.29 is 0 Å². The summed E-state index contributed by atoms with van der Waals surface area (Å²) >= 11 is 3.53. The van der Waals surface area contributed by atoms with E-state index in [-0.39, 0.29) is 0 Å². The lowest BCUT2D eigenvalue weighted by Gasteiger charge is -2.16.